The highest BCUT2D eigenvalue weighted by atomic mass is 16.8. The first-order chi connectivity index (χ1) is 30.7. The lowest BCUT2D eigenvalue weighted by atomic mass is 9.97. The number of methoxy groups -OCH3 is 1. The summed E-state index contributed by atoms with van der Waals surface area (Å²) in [5.74, 6) is -2.90. The van der Waals surface area contributed by atoms with Crippen LogP contribution in [0.25, 0.3) is 22.3 Å². The minimum absolute atomic E-state index is 0.0371. The number of aliphatic hydroxyl groups excluding tert-OH is 12. The standard InChI is InChI=1S/C40H52O25/c1-11-22(44)27(49)30(52)37(58-11)57-10-20-25(47)35(64-38-31(53)28(50)23(45)12(2)59-38)33(55)40(63-20)65-36-26(48)21-16(43)7-14(60-39-32(54)29(51)24(46)19(9-41)62-39)8-18(21)61-34(36)13-4-5-15(42)17(6-13)56-3/h4-8,11-12,19-20,22-25,27-33,35,37-47,49-55H,9-10H2,1-3H3/t11-,12-,19-,20-,22-,23-,24-,25-,27+,28+,29+,30-,31-,32-,33-,35+,37-,38+,39-,40+/m1/s1. The Morgan fingerprint density at radius 1 is 0.600 bits per heavy atom. The molecule has 362 valence electrons. The third kappa shape index (κ3) is 9.44. The van der Waals surface area contributed by atoms with Crippen molar-refractivity contribution in [2.24, 2.45) is 0 Å². The number of aliphatic hydroxyl groups is 12. The van der Waals surface area contributed by atoms with E-state index >= 15 is 0 Å². The summed E-state index contributed by atoms with van der Waals surface area (Å²) < 4.78 is 56.9. The third-order valence-corrected chi connectivity index (χ3v) is 11.7. The van der Waals surface area contributed by atoms with Crippen LogP contribution in [-0.4, -0.2) is 215 Å². The molecule has 7 rings (SSSR count). The molecule has 2 aromatic carbocycles. The molecule has 4 saturated heterocycles. The van der Waals surface area contributed by atoms with Crippen molar-refractivity contribution in [3.8, 4) is 40.1 Å². The SMILES string of the molecule is COc1cc(-c2oc3cc(O[C@@H]4O[C@H](CO)[C@@H](O)[C@H](O)[C@H]4O)cc(O)c3c(=O)c2O[C@@H]2O[C@H](CO[C@@H]3O[C@H](C)[C@@H](O)[C@H](O)[C@H]3O)[C@@H](O)[C@H](O[C@@H]3O[C@H](C)[C@@H](O)[C@H](O)[C@H]3O)[C@H]2O)ccc1O. The molecule has 65 heavy (non-hydrogen) atoms. The molecule has 0 saturated carbocycles. The quantitative estimate of drug-likeness (QED) is 0.0808. The zero-order valence-corrected chi connectivity index (χ0v) is 34.6. The second kappa shape index (κ2) is 19.6. The molecule has 0 amide bonds. The van der Waals surface area contributed by atoms with Crippen molar-refractivity contribution in [3.63, 3.8) is 0 Å². The number of phenols is 2. The lowest BCUT2D eigenvalue weighted by Gasteiger charge is -2.46. The highest BCUT2D eigenvalue weighted by Crippen LogP contribution is 2.41. The first-order valence-corrected chi connectivity index (χ1v) is 20.3. The van der Waals surface area contributed by atoms with Crippen LogP contribution in [0, 0.1) is 0 Å². The average molecular weight is 933 g/mol. The summed E-state index contributed by atoms with van der Waals surface area (Å²) in [6, 6.07) is 5.61. The Kier molecular flexibility index (Phi) is 14.8. The van der Waals surface area contributed by atoms with Gasteiger partial charge in [0.25, 0.3) is 0 Å². The molecule has 3 aromatic rings. The van der Waals surface area contributed by atoms with Gasteiger partial charge in [0.15, 0.2) is 29.8 Å². The zero-order valence-electron chi connectivity index (χ0n) is 34.6. The lowest BCUT2D eigenvalue weighted by Crippen LogP contribution is -2.65. The molecule has 4 aliphatic rings. The van der Waals surface area contributed by atoms with Gasteiger partial charge in [-0.2, -0.15) is 0 Å². The number of ether oxygens (including phenoxy) is 9. The molecule has 25 nitrogen and oxygen atoms in total. The number of hydrogen-bond acceptors (Lipinski definition) is 25. The summed E-state index contributed by atoms with van der Waals surface area (Å²) in [5.41, 5.74) is -1.59. The van der Waals surface area contributed by atoms with Crippen LogP contribution in [0.2, 0.25) is 0 Å². The van der Waals surface area contributed by atoms with Gasteiger partial charge in [-0.25, -0.2) is 0 Å². The Balaban J connectivity index is 1.27. The van der Waals surface area contributed by atoms with Crippen LogP contribution < -0.4 is 19.6 Å². The Morgan fingerprint density at radius 3 is 1.83 bits per heavy atom. The Labute approximate surface area is 366 Å². The normalized spacial score (nSPS) is 40.1. The van der Waals surface area contributed by atoms with Gasteiger partial charge in [0, 0.05) is 17.7 Å². The molecule has 0 bridgehead atoms. The van der Waals surface area contributed by atoms with Crippen LogP contribution >= 0.6 is 0 Å². The summed E-state index contributed by atoms with van der Waals surface area (Å²) in [6.45, 7) is 1.20. The zero-order chi connectivity index (χ0) is 47.3. The minimum Gasteiger partial charge on any atom is -0.507 e. The van der Waals surface area contributed by atoms with Crippen molar-refractivity contribution in [1.29, 1.82) is 0 Å². The molecule has 25 heteroatoms. The van der Waals surface area contributed by atoms with Gasteiger partial charge in [0.1, 0.15) is 108 Å². The first-order valence-electron chi connectivity index (χ1n) is 20.3. The topological polar surface area (TPSA) is 397 Å². The second-order valence-electron chi connectivity index (χ2n) is 16.0. The van der Waals surface area contributed by atoms with Crippen molar-refractivity contribution in [2.75, 3.05) is 20.3 Å². The van der Waals surface area contributed by atoms with Crippen LogP contribution in [0.4, 0.5) is 0 Å². The van der Waals surface area contributed by atoms with E-state index in [1.54, 1.807) is 0 Å². The predicted octanol–water partition coefficient (Wildman–Crippen LogP) is -5.06. The number of hydrogen-bond donors (Lipinski definition) is 14. The average Bonchev–Trinajstić information content (AvgIpc) is 3.28. The highest BCUT2D eigenvalue weighted by Gasteiger charge is 2.52. The molecule has 20 atom stereocenters. The van der Waals surface area contributed by atoms with E-state index in [9.17, 15) is 76.3 Å². The molecular weight excluding hydrogens is 880 g/mol. The molecule has 0 unspecified atom stereocenters. The number of aromatic hydroxyl groups is 2. The maximum atomic E-state index is 14.6. The van der Waals surface area contributed by atoms with Crippen LogP contribution in [0.15, 0.2) is 39.5 Å². The smallest absolute Gasteiger partial charge is 0.239 e. The van der Waals surface area contributed by atoms with E-state index in [0.717, 1.165) is 18.2 Å². The molecule has 5 heterocycles. The Bertz CT molecular complexity index is 2170. The third-order valence-electron chi connectivity index (χ3n) is 11.7. The molecule has 14 N–H and O–H groups in total. The molecule has 0 radical (unpaired) electrons. The van der Waals surface area contributed by atoms with Crippen LogP contribution in [0.3, 0.4) is 0 Å². The number of rotatable bonds is 12. The summed E-state index contributed by atoms with van der Waals surface area (Å²) >= 11 is 0. The summed E-state index contributed by atoms with van der Waals surface area (Å²) in [6.07, 6.45) is -34.3. The fourth-order valence-corrected chi connectivity index (χ4v) is 7.78. The van der Waals surface area contributed by atoms with Crippen molar-refractivity contribution in [3.05, 3.63) is 40.6 Å². The van der Waals surface area contributed by atoms with Crippen molar-refractivity contribution in [1.82, 2.24) is 0 Å². The van der Waals surface area contributed by atoms with Gasteiger partial charge >= 0.3 is 0 Å². The number of benzene rings is 2. The van der Waals surface area contributed by atoms with Gasteiger partial charge in [-0.3, -0.25) is 4.79 Å². The first kappa shape index (κ1) is 48.9. The highest BCUT2D eigenvalue weighted by molar-refractivity contribution is 5.88. The summed E-state index contributed by atoms with van der Waals surface area (Å²) in [5, 5.41) is 148. The van der Waals surface area contributed by atoms with E-state index in [0.29, 0.717) is 0 Å². The Morgan fingerprint density at radius 2 is 1.18 bits per heavy atom. The maximum absolute atomic E-state index is 14.6. The predicted molar refractivity (Wildman–Crippen MR) is 209 cm³/mol. The van der Waals surface area contributed by atoms with Crippen molar-refractivity contribution < 1.29 is 119 Å². The van der Waals surface area contributed by atoms with E-state index in [4.69, 9.17) is 47.0 Å². The van der Waals surface area contributed by atoms with Gasteiger partial charge in [-0.05, 0) is 32.0 Å². The summed E-state index contributed by atoms with van der Waals surface area (Å²) in [7, 11) is 1.22. The van der Waals surface area contributed by atoms with Gasteiger partial charge in [-0.15, -0.1) is 0 Å². The van der Waals surface area contributed by atoms with Crippen LogP contribution in [0.5, 0.6) is 28.7 Å². The van der Waals surface area contributed by atoms with Crippen LogP contribution in [0.1, 0.15) is 13.8 Å². The summed E-state index contributed by atoms with van der Waals surface area (Å²) in [4.78, 5) is 14.6. The van der Waals surface area contributed by atoms with E-state index < -0.39 is 170 Å². The maximum Gasteiger partial charge on any atom is 0.239 e. The van der Waals surface area contributed by atoms with Gasteiger partial charge in [0.05, 0.1) is 32.5 Å². The molecule has 0 aliphatic carbocycles. The van der Waals surface area contributed by atoms with Gasteiger partial charge in [0.2, 0.25) is 23.8 Å². The van der Waals surface area contributed by atoms with E-state index in [2.05, 4.69) is 0 Å². The molecule has 4 aliphatic heterocycles. The minimum atomic E-state index is -2.15. The van der Waals surface area contributed by atoms with Crippen LogP contribution in [-0.2, 0) is 28.4 Å². The largest absolute Gasteiger partial charge is 0.507 e. The van der Waals surface area contributed by atoms with E-state index in [1.165, 1.54) is 33.1 Å². The van der Waals surface area contributed by atoms with Crippen molar-refractivity contribution >= 4 is 11.0 Å². The molecular formula is C40H52O25. The fourth-order valence-electron chi connectivity index (χ4n) is 7.78. The molecule has 1 aromatic heterocycles. The fraction of sp³-hybridized carbons (Fsp3) is 0.625. The van der Waals surface area contributed by atoms with Gasteiger partial charge < -0.3 is 119 Å². The van der Waals surface area contributed by atoms with Crippen molar-refractivity contribution in [2.45, 2.75) is 137 Å². The lowest BCUT2D eigenvalue weighted by molar-refractivity contribution is -0.355. The number of phenolic OH excluding ortho intramolecular Hbond substituents is 2. The van der Waals surface area contributed by atoms with E-state index in [1.807, 2.05) is 0 Å². The monoisotopic (exact) mass is 932 g/mol. The Hall–Kier alpha value is -4.07. The van der Waals surface area contributed by atoms with E-state index in [-0.39, 0.29) is 22.8 Å². The molecule has 4 fully saturated rings. The van der Waals surface area contributed by atoms with Gasteiger partial charge in [-0.1, -0.05) is 0 Å². The molecule has 0 spiro atoms. The number of fused-ring (bicyclic) bond motifs is 1. The second-order valence-corrected chi connectivity index (χ2v) is 16.0.